The molecule has 1 aromatic rings. The molecule has 1 heteroatoms. The Morgan fingerprint density at radius 1 is 1.04 bits per heavy atom. The fourth-order valence-corrected chi connectivity index (χ4v) is 3.61. The molecule has 0 heterocycles. The van der Waals surface area contributed by atoms with E-state index in [1.165, 1.54) is 33.7 Å². The van der Waals surface area contributed by atoms with Crippen LogP contribution in [0.1, 0.15) is 71.4 Å². The van der Waals surface area contributed by atoms with E-state index in [1.54, 1.807) is 0 Å². The van der Waals surface area contributed by atoms with Gasteiger partial charge in [-0.1, -0.05) is 89.8 Å². The quantitative estimate of drug-likeness (QED) is 0.331. The molecule has 0 aromatic heterocycles. The summed E-state index contributed by atoms with van der Waals surface area (Å²) in [6, 6.07) is 8.70. The maximum atomic E-state index is 4.57. The van der Waals surface area contributed by atoms with Gasteiger partial charge in [0, 0.05) is 23.9 Å². The third kappa shape index (κ3) is 6.55. The van der Waals surface area contributed by atoms with E-state index in [9.17, 15) is 0 Å². The number of hydrogen-bond donors (Lipinski definition) is 0. The molecule has 0 saturated heterocycles. The van der Waals surface area contributed by atoms with Gasteiger partial charge in [0.25, 0.3) is 0 Å². The van der Waals surface area contributed by atoms with Crippen molar-refractivity contribution in [1.82, 2.24) is 4.90 Å². The predicted molar refractivity (Wildman–Crippen MR) is 127 cm³/mol. The number of benzene rings is 1. The summed E-state index contributed by atoms with van der Waals surface area (Å²) < 4.78 is 0. The molecule has 1 rings (SSSR count). The Kier molecular flexibility index (Phi) is 10.1. The van der Waals surface area contributed by atoms with Crippen molar-refractivity contribution in [3.63, 3.8) is 0 Å². The third-order valence-corrected chi connectivity index (χ3v) is 5.45. The molecule has 0 fully saturated rings. The van der Waals surface area contributed by atoms with Crippen molar-refractivity contribution in [2.24, 2.45) is 11.8 Å². The Hall–Kier alpha value is -2.02. The summed E-state index contributed by atoms with van der Waals surface area (Å²) in [5, 5.41) is 0. The van der Waals surface area contributed by atoms with Crippen molar-refractivity contribution < 1.29 is 0 Å². The minimum Gasteiger partial charge on any atom is -0.345 e. The van der Waals surface area contributed by atoms with Crippen molar-refractivity contribution in [3.05, 3.63) is 78.2 Å². The molecule has 1 nitrogen and oxygen atoms in total. The molecule has 1 aromatic carbocycles. The molecular weight excluding hydrogens is 338 g/mol. The Bertz CT molecular complexity index is 687. The van der Waals surface area contributed by atoms with E-state index in [1.807, 2.05) is 0 Å². The molecule has 0 bridgehead atoms. The lowest BCUT2D eigenvalue weighted by Gasteiger charge is -2.35. The van der Waals surface area contributed by atoms with Crippen molar-refractivity contribution in [1.29, 1.82) is 0 Å². The highest BCUT2D eigenvalue weighted by atomic mass is 15.2. The van der Waals surface area contributed by atoms with Gasteiger partial charge in [0.2, 0.25) is 0 Å². The van der Waals surface area contributed by atoms with Crippen LogP contribution in [-0.4, -0.2) is 11.4 Å². The first-order chi connectivity index (χ1) is 13.3. The van der Waals surface area contributed by atoms with Gasteiger partial charge in [-0.15, -0.1) is 0 Å². The van der Waals surface area contributed by atoms with Gasteiger partial charge in [0.1, 0.15) is 0 Å². The zero-order valence-electron chi connectivity index (χ0n) is 19.1. The van der Waals surface area contributed by atoms with E-state index in [4.69, 9.17) is 0 Å². The van der Waals surface area contributed by atoms with Crippen LogP contribution in [0.3, 0.4) is 0 Å². The topological polar surface area (TPSA) is 3.24 Å². The Balaban J connectivity index is 3.11. The molecule has 0 N–H and O–H groups in total. The van der Waals surface area contributed by atoms with Crippen LogP contribution < -0.4 is 0 Å². The van der Waals surface area contributed by atoms with Crippen molar-refractivity contribution in [2.75, 3.05) is 6.54 Å². The molecule has 0 aliphatic heterocycles. The number of rotatable bonds is 12. The van der Waals surface area contributed by atoms with Gasteiger partial charge < -0.3 is 4.90 Å². The minimum atomic E-state index is 0.389. The van der Waals surface area contributed by atoms with E-state index in [0.717, 1.165) is 32.2 Å². The molecular formula is C27H41N. The second kappa shape index (κ2) is 11.7. The minimum absolute atomic E-state index is 0.389. The molecule has 1 unspecified atom stereocenters. The first-order valence-electron chi connectivity index (χ1n) is 10.8. The molecule has 0 saturated carbocycles. The normalized spacial score (nSPS) is 12.8. The van der Waals surface area contributed by atoms with Crippen LogP contribution in [0.5, 0.6) is 0 Å². The highest BCUT2D eigenvalue weighted by molar-refractivity contribution is 5.64. The van der Waals surface area contributed by atoms with Crippen molar-refractivity contribution >= 4 is 5.57 Å². The van der Waals surface area contributed by atoms with Gasteiger partial charge in [-0.2, -0.15) is 0 Å². The van der Waals surface area contributed by atoms with Gasteiger partial charge in [-0.05, 0) is 55.7 Å². The van der Waals surface area contributed by atoms with Crippen LogP contribution in [-0.2, 0) is 0 Å². The van der Waals surface area contributed by atoms with E-state index in [2.05, 4.69) is 96.5 Å². The van der Waals surface area contributed by atoms with Gasteiger partial charge in [0.15, 0.2) is 0 Å². The second-order valence-corrected chi connectivity index (χ2v) is 8.16. The summed E-state index contributed by atoms with van der Waals surface area (Å²) in [5.74, 6) is 0.811. The summed E-state index contributed by atoms with van der Waals surface area (Å²) in [5.41, 5.74) is 7.32. The fourth-order valence-electron chi connectivity index (χ4n) is 3.61. The summed E-state index contributed by atoms with van der Waals surface area (Å²) in [7, 11) is 0. The Labute approximate surface area is 174 Å². The summed E-state index contributed by atoms with van der Waals surface area (Å²) in [6.07, 6.45) is 6.48. The highest BCUT2D eigenvalue weighted by Crippen LogP contribution is 2.34. The number of nitrogens with zero attached hydrogens (tertiary/aromatic N) is 1. The Morgan fingerprint density at radius 3 is 2.11 bits per heavy atom. The predicted octanol–water partition coefficient (Wildman–Crippen LogP) is 8.16. The lowest BCUT2D eigenvalue weighted by molar-refractivity contribution is 0.356. The SMILES string of the molecule is C=C(CC(CCC)C(=C)N(CCC)/C(=C\C)C(=C)C(C)C)c1ccc(C)cc1. The Morgan fingerprint density at radius 2 is 1.64 bits per heavy atom. The van der Waals surface area contributed by atoms with Gasteiger partial charge >= 0.3 is 0 Å². The average molecular weight is 380 g/mol. The first kappa shape index (κ1) is 24.0. The highest BCUT2D eigenvalue weighted by Gasteiger charge is 2.23. The molecule has 0 aliphatic rings. The number of aryl methyl sites for hydroxylation is 1. The average Bonchev–Trinajstić information content (AvgIpc) is 2.67. The van der Waals surface area contributed by atoms with Gasteiger partial charge in [-0.25, -0.2) is 0 Å². The monoisotopic (exact) mass is 379 g/mol. The van der Waals surface area contributed by atoms with Gasteiger partial charge in [0.05, 0.1) is 0 Å². The second-order valence-electron chi connectivity index (χ2n) is 8.16. The van der Waals surface area contributed by atoms with Crippen LogP contribution in [0, 0.1) is 18.8 Å². The largest absolute Gasteiger partial charge is 0.345 e. The van der Waals surface area contributed by atoms with E-state index < -0.39 is 0 Å². The molecule has 1 atom stereocenters. The summed E-state index contributed by atoms with van der Waals surface area (Å²) in [4.78, 5) is 2.41. The summed E-state index contributed by atoms with van der Waals surface area (Å²) >= 11 is 0. The van der Waals surface area contributed by atoms with Crippen molar-refractivity contribution in [2.45, 2.75) is 67.2 Å². The van der Waals surface area contributed by atoms with Gasteiger partial charge in [-0.3, -0.25) is 0 Å². The van der Waals surface area contributed by atoms with Crippen molar-refractivity contribution in [3.8, 4) is 0 Å². The first-order valence-corrected chi connectivity index (χ1v) is 10.8. The van der Waals surface area contributed by atoms with E-state index in [-0.39, 0.29) is 0 Å². The standard InChI is InChI=1S/C27H41N/c1-10-13-26(19-22(7)25-16-14-21(6)15-17-25)24(9)28(18-11-2)27(12-3)23(8)20(4)5/h12,14-17,20,26H,7-11,13,18-19H2,1-6H3/b27-12-. The molecule has 0 aliphatic carbocycles. The van der Waals surface area contributed by atoms with Crippen LogP contribution in [0.4, 0.5) is 0 Å². The summed E-state index contributed by atoms with van der Waals surface area (Å²) in [6.45, 7) is 27.4. The van der Waals surface area contributed by atoms with E-state index in [0.29, 0.717) is 11.8 Å². The lowest BCUT2D eigenvalue weighted by atomic mass is 9.88. The van der Waals surface area contributed by atoms with Crippen LogP contribution in [0.2, 0.25) is 0 Å². The fraction of sp³-hybridized carbons (Fsp3) is 0.481. The maximum Gasteiger partial charge on any atom is 0.0394 e. The smallest absolute Gasteiger partial charge is 0.0394 e. The molecule has 28 heavy (non-hydrogen) atoms. The number of allylic oxidation sites excluding steroid dienone is 4. The lowest BCUT2D eigenvalue weighted by Crippen LogP contribution is -2.29. The van der Waals surface area contributed by atoms with Crippen LogP contribution in [0.15, 0.2) is 67.0 Å². The molecule has 154 valence electrons. The zero-order chi connectivity index (χ0) is 21.3. The number of hydrogen-bond acceptors (Lipinski definition) is 1. The third-order valence-electron chi connectivity index (χ3n) is 5.45. The van der Waals surface area contributed by atoms with E-state index >= 15 is 0 Å². The molecule has 0 spiro atoms. The zero-order valence-corrected chi connectivity index (χ0v) is 19.1. The van der Waals surface area contributed by atoms with Crippen LogP contribution in [0.25, 0.3) is 5.57 Å². The maximum absolute atomic E-state index is 4.57. The molecule has 0 radical (unpaired) electrons. The molecule has 0 amide bonds. The van der Waals surface area contributed by atoms with Crippen LogP contribution >= 0.6 is 0 Å².